The molecule has 0 N–H and O–H groups in total. The van der Waals surface area contributed by atoms with Gasteiger partial charge >= 0.3 is 0 Å². The van der Waals surface area contributed by atoms with E-state index in [4.69, 9.17) is 4.74 Å². The van der Waals surface area contributed by atoms with Crippen LogP contribution < -0.4 is 0 Å². The maximum atomic E-state index is 13.3. The first-order valence-electron chi connectivity index (χ1n) is 9.08. The predicted molar refractivity (Wildman–Crippen MR) is 100 cm³/mol. The van der Waals surface area contributed by atoms with Crippen molar-refractivity contribution in [2.45, 2.75) is 53.7 Å². The van der Waals surface area contributed by atoms with Crippen LogP contribution in [0.15, 0.2) is 33.8 Å². The SMILES string of the molecule is Fc1ccc(-c2nnc(Sc3nc(C4CC4)ns3)n2CC2CCCO2)cc1. The minimum Gasteiger partial charge on any atom is -0.376 e. The summed E-state index contributed by atoms with van der Waals surface area (Å²) < 4.78 is 26.5. The largest absolute Gasteiger partial charge is 0.376 e. The van der Waals surface area contributed by atoms with Crippen LogP contribution in [0.5, 0.6) is 0 Å². The number of halogens is 1. The van der Waals surface area contributed by atoms with Crippen LogP contribution in [0.2, 0.25) is 0 Å². The molecule has 27 heavy (non-hydrogen) atoms. The molecule has 0 spiro atoms. The normalized spacial score (nSPS) is 19.7. The zero-order valence-electron chi connectivity index (χ0n) is 14.5. The fourth-order valence-corrected chi connectivity index (χ4v) is 4.81. The number of nitrogens with zero attached hydrogens (tertiary/aromatic N) is 5. The van der Waals surface area contributed by atoms with Crippen molar-refractivity contribution in [2.24, 2.45) is 0 Å². The third-order valence-corrected chi connectivity index (χ3v) is 6.52. The average molecular weight is 404 g/mol. The summed E-state index contributed by atoms with van der Waals surface area (Å²) in [6.45, 7) is 1.47. The Kier molecular flexibility index (Phi) is 4.66. The first kappa shape index (κ1) is 17.3. The van der Waals surface area contributed by atoms with Gasteiger partial charge in [0.1, 0.15) is 11.6 Å². The molecule has 2 aromatic heterocycles. The summed E-state index contributed by atoms with van der Waals surface area (Å²) in [5.74, 6) is 1.95. The predicted octanol–water partition coefficient (Wildman–Crippen LogP) is 4.14. The maximum Gasteiger partial charge on any atom is 0.198 e. The molecule has 0 amide bonds. The summed E-state index contributed by atoms with van der Waals surface area (Å²) in [4.78, 5) is 4.64. The first-order valence-corrected chi connectivity index (χ1v) is 10.7. The van der Waals surface area contributed by atoms with Crippen LogP contribution in [-0.2, 0) is 11.3 Å². The van der Waals surface area contributed by atoms with E-state index in [2.05, 4.69) is 24.1 Å². The van der Waals surface area contributed by atoms with Crippen molar-refractivity contribution < 1.29 is 9.13 Å². The Morgan fingerprint density at radius 3 is 2.78 bits per heavy atom. The number of ether oxygens (including phenoxy) is 1. The monoisotopic (exact) mass is 403 g/mol. The van der Waals surface area contributed by atoms with E-state index in [1.165, 1.54) is 48.3 Å². The number of aromatic nitrogens is 5. The minimum absolute atomic E-state index is 0.149. The molecule has 1 aliphatic carbocycles. The lowest BCUT2D eigenvalue weighted by atomic mass is 10.2. The summed E-state index contributed by atoms with van der Waals surface area (Å²) in [6.07, 6.45) is 4.61. The Labute approximate surface area is 164 Å². The van der Waals surface area contributed by atoms with E-state index < -0.39 is 0 Å². The molecule has 2 fully saturated rings. The molecule has 0 radical (unpaired) electrons. The highest BCUT2D eigenvalue weighted by molar-refractivity contribution is 8.00. The first-order chi connectivity index (χ1) is 13.3. The van der Waals surface area contributed by atoms with Gasteiger partial charge in [0, 0.05) is 18.1 Å². The summed E-state index contributed by atoms with van der Waals surface area (Å²) in [5, 5.41) is 9.53. The summed E-state index contributed by atoms with van der Waals surface area (Å²) in [6, 6.07) is 6.35. The molecule has 2 aliphatic rings. The van der Waals surface area contributed by atoms with Crippen molar-refractivity contribution >= 4 is 23.3 Å². The number of rotatable bonds is 6. The molecule has 3 aromatic rings. The molecule has 1 saturated carbocycles. The van der Waals surface area contributed by atoms with Gasteiger partial charge in [-0.3, -0.25) is 4.57 Å². The van der Waals surface area contributed by atoms with E-state index in [0.717, 1.165) is 46.2 Å². The van der Waals surface area contributed by atoms with E-state index in [0.29, 0.717) is 12.5 Å². The van der Waals surface area contributed by atoms with Crippen molar-refractivity contribution in [1.82, 2.24) is 24.1 Å². The zero-order chi connectivity index (χ0) is 18.2. The van der Waals surface area contributed by atoms with Crippen molar-refractivity contribution in [3.8, 4) is 11.4 Å². The standard InChI is InChI=1S/C18H18FN5OS2/c19-13-7-5-12(6-8-13)16-21-22-17(24(16)10-14-2-1-9-25-14)26-18-20-15(23-27-18)11-3-4-11/h5-8,11,14H,1-4,9-10H2. The van der Waals surface area contributed by atoms with Gasteiger partial charge in [-0.15, -0.1) is 10.2 Å². The molecule has 1 aliphatic heterocycles. The van der Waals surface area contributed by atoms with Crippen LogP contribution in [0, 0.1) is 5.82 Å². The fourth-order valence-electron chi connectivity index (χ4n) is 3.18. The molecule has 1 saturated heterocycles. The van der Waals surface area contributed by atoms with Crippen LogP contribution in [0.3, 0.4) is 0 Å². The lowest BCUT2D eigenvalue weighted by Crippen LogP contribution is -2.16. The Hall–Kier alpha value is -1.84. The van der Waals surface area contributed by atoms with Gasteiger partial charge in [-0.05, 0) is 73.2 Å². The van der Waals surface area contributed by atoms with Gasteiger partial charge in [0.25, 0.3) is 0 Å². The molecular weight excluding hydrogens is 385 g/mol. The highest BCUT2D eigenvalue weighted by Gasteiger charge is 2.28. The number of hydrogen-bond acceptors (Lipinski definition) is 7. The second-order valence-electron chi connectivity index (χ2n) is 6.85. The van der Waals surface area contributed by atoms with Gasteiger partial charge in [-0.25, -0.2) is 9.37 Å². The van der Waals surface area contributed by atoms with Crippen molar-refractivity contribution in [2.75, 3.05) is 6.61 Å². The molecule has 9 heteroatoms. The molecule has 1 unspecified atom stereocenters. The molecule has 140 valence electrons. The zero-order valence-corrected chi connectivity index (χ0v) is 16.2. The molecular formula is C18H18FN5OS2. The van der Waals surface area contributed by atoms with Gasteiger partial charge < -0.3 is 4.74 Å². The maximum absolute atomic E-state index is 13.3. The van der Waals surface area contributed by atoms with Crippen molar-refractivity contribution in [3.05, 3.63) is 35.9 Å². The fraction of sp³-hybridized carbons (Fsp3) is 0.444. The Morgan fingerprint density at radius 2 is 2.04 bits per heavy atom. The van der Waals surface area contributed by atoms with Crippen LogP contribution in [0.25, 0.3) is 11.4 Å². The van der Waals surface area contributed by atoms with E-state index in [1.807, 2.05) is 0 Å². The molecule has 5 rings (SSSR count). The second kappa shape index (κ2) is 7.29. The molecule has 3 heterocycles. The quantitative estimate of drug-likeness (QED) is 0.616. The van der Waals surface area contributed by atoms with E-state index >= 15 is 0 Å². The molecule has 6 nitrogen and oxygen atoms in total. The van der Waals surface area contributed by atoms with Crippen molar-refractivity contribution in [1.29, 1.82) is 0 Å². The van der Waals surface area contributed by atoms with E-state index in [9.17, 15) is 4.39 Å². The topological polar surface area (TPSA) is 65.7 Å². The Balaban J connectivity index is 1.46. The lowest BCUT2D eigenvalue weighted by Gasteiger charge is -2.14. The average Bonchev–Trinajstić information content (AvgIpc) is 3.07. The number of hydrogen-bond donors (Lipinski definition) is 0. The summed E-state index contributed by atoms with van der Waals surface area (Å²) in [5.41, 5.74) is 0.838. The van der Waals surface area contributed by atoms with Gasteiger partial charge in [0.2, 0.25) is 0 Å². The third-order valence-electron chi connectivity index (χ3n) is 4.77. The Morgan fingerprint density at radius 1 is 1.19 bits per heavy atom. The van der Waals surface area contributed by atoms with Crippen LogP contribution >= 0.6 is 23.3 Å². The summed E-state index contributed by atoms with van der Waals surface area (Å²) >= 11 is 2.90. The van der Waals surface area contributed by atoms with Gasteiger partial charge in [0.05, 0.1) is 12.6 Å². The smallest absolute Gasteiger partial charge is 0.198 e. The molecule has 0 bridgehead atoms. The molecule has 1 aromatic carbocycles. The second-order valence-corrected chi connectivity index (χ2v) is 8.82. The van der Waals surface area contributed by atoms with E-state index in [1.54, 1.807) is 12.1 Å². The lowest BCUT2D eigenvalue weighted by molar-refractivity contribution is 0.0953. The minimum atomic E-state index is -0.264. The third kappa shape index (κ3) is 3.76. The van der Waals surface area contributed by atoms with Crippen molar-refractivity contribution in [3.63, 3.8) is 0 Å². The van der Waals surface area contributed by atoms with Gasteiger partial charge in [-0.2, -0.15) is 4.37 Å². The van der Waals surface area contributed by atoms with Crippen LogP contribution in [0.4, 0.5) is 4.39 Å². The Bertz CT molecular complexity index is 932. The van der Waals surface area contributed by atoms with E-state index in [-0.39, 0.29) is 11.9 Å². The van der Waals surface area contributed by atoms with Crippen LogP contribution in [-0.4, -0.2) is 36.8 Å². The van der Waals surface area contributed by atoms with Gasteiger partial charge in [0.15, 0.2) is 15.3 Å². The van der Waals surface area contributed by atoms with Gasteiger partial charge in [-0.1, -0.05) is 0 Å². The van der Waals surface area contributed by atoms with Crippen LogP contribution in [0.1, 0.15) is 37.4 Å². The number of benzene rings is 1. The highest BCUT2D eigenvalue weighted by Crippen LogP contribution is 2.40. The summed E-state index contributed by atoms with van der Waals surface area (Å²) in [7, 11) is 0. The highest BCUT2D eigenvalue weighted by atomic mass is 32.2. The molecule has 1 atom stereocenters.